The van der Waals surface area contributed by atoms with Crippen LogP contribution < -0.4 is 5.32 Å². The van der Waals surface area contributed by atoms with E-state index >= 15 is 0 Å². The van der Waals surface area contributed by atoms with Crippen LogP contribution in [0.5, 0.6) is 0 Å². The van der Waals surface area contributed by atoms with E-state index in [1.54, 1.807) is 0 Å². The Morgan fingerprint density at radius 2 is 2.13 bits per heavy atom. The third-order valence-corrected chi connectivity index (χ3v) is 2.04. The molecule has 0 aliphatic rings. The highest BCUT2D eigenvalue weighted by Crippen LogP contribution is 1.94. The van der Waals surface area contributed by atoms with Gasteiger partial charge >= 0.3 is 5.97 Å². The third-order valence-electron chi connectivity index (χ3n) is 1.42. The molecule has 0 saturated carbocycles. The van der Waals surface area contributed by atoms with E-state index in [4.69, 9.17) is 9.29 Å². The molecule has 6 nitrogen and oxygen atoms in total. The number of rotatable bonds is 6. The summed E-state index contributed by atoms with van der Waals surface area (Å²) in [6.07, 6.45) is 0.654. The Morgan fingerprint density at radius 1 is 1.53 bits per heavy atom. The van der Waals surface area contributed by atoms with Crippen molar-refractivity contribution in [2.75, 3.05) is 12.4 Å². The monoisotopic (exact) mass is 237 g/mol. The van der Waals surface area contributed by atoms with Gasteiger partial charge in [-0.2, -0.15) is 0 Å². The van der Waals surface area contributed by atoms with Crippen molar-refractivity contribution in [3.63, 3.8) is 0 Å². The molecular formula is C8H15NO5S. The minimum absolute atomic E-state index is 0.229. The molecule has 0 aromatic heterocycles. The Bertz CT molecular complexity index is 239. The maximum Gasteiger partial charge on any atom is 0.329 e. The first-order valence-corrected chi connectivity index (χ1v) is 5.76. The number of hydrogen-bond donors (Lipinski definition) is 2. The fourth-order valence-electron chi connectivity index (χ4n) is 0.860. The molecule has 2 atom stereocenters. The van der Waals surface area contributed by atoms with Gasteiger partial charge in [-0.3, -0.25) is 4.79 Å². The highest BCUT2D eigenvalue weighted by Gasteiger charge is 2.22. The van der Waals surface area contributed by atoms with Gasteiger partial charge in [-0.1, -0.05) is 6.92 Å². The molecule has 0 saturated heterocycles. The largest absolute Gasteiger partial charge is 0.464 e. The maximum atomic E-state index is 11.3. The summed E-state index contributed by atoms with van der Waals surface area (Å²) in [5.41, 5.74) is 0. The average Bonchev–Trinajstić information content (AvgIpc) is 2.11. The zero-order chi connectivity index (χ0) is 11.8. The van der Waals surface area contributed by atoms with Crippen LogP contribution in [0.25, 0.3) is 0 Å². The summed E-state index contributed by atoms with van der Waals surface area (Å²) in [5, 5.41) is 2.25. The predicted octanol–water partition coefficient (Wildman–Crippen LogP) is -0.334. The molecule has 1 amide bonds. The van der Waals surface area contributed by atoms with Gasteiger partial charge in [-0.15, -0.1) is 0 Å². The van der Waals surface area contributed by atoms with Crippen molar-refractivity contribution in [1.29, 1.82) is 0 Å². The van der Waals surface area contributed by atoms with Gasteiger partial charge in [0.25, 0.3) is 0 Å². The summed E-state index contributed by atoms with van der Waals surface area (Å²) in [5.74, 6) is -1.49. The third kappa shape index (κ3) is 7.03. The SMILES string of the molecule is CCCOC(=O)[C@H](CS(=O)O)NC(C)=O. The first-order chi connectivity index (χ1) is 6.97. The molecule has 0 fully saturated rings. The van der Waals surface area contributed by atoms with Gasteiger partial charge in [0.05, 0.1) is 12.4 Å². The average molecular weight is 237 g/mol. The summed E-state index contributed by atoms with van der Waals surface area (Å²) in [6.45, 7) is 3.28. The van der Waals surface area contributed by atoms with Gasteiger partial charge in [0.2, 0.25) is 5.91 Å². The number of hydrogen-bond acceptors (Lipinski definition) is 4. The Labute approximate surface area is 90.7 Å². The summed E-state index contributed by atoms with van der Waals surface area (Å²) in [4.78, 5) is 22.0. The Morgan fingerprint density at radius 3 is 2.53 bits per heavy atom. The van der Waals surface area contributed by atoms with Gasteiger partial charge in [0.15, 0.2) is 11.1 Å². The lowest BCUT2D eigenvalue weighted by Gasteiger charge is -2.14. The Balaban J connectivity index is 4.26. The highest BCUT2D eigenvalue weighted by molar-refractivity contribution is 7.79. The molecule has 1 unspecified atom stereocenters. The van der Waals surface area contributed by atoms with Gasteiger partial charge < -0.3 is 14.6 Å². The lowest BCUT2D eigenvalue weighted by molar-refractivity contribution is -0.147. The van der Waals surface area contributed by atoms with E-state index in [0.717, 1.165) is 0 Å². The standard InChI is InChI=1S/C8H15NO5S/c1-3-4-14-8(11)7(5-15(12)13)9-6(2)10/h7H,3-5H2,1-2H3,(H,9,10)(H,12,13)/t7-/m0/s1. The first kappa shape index (κ1) is 14.1. The van der Waals surface area contributed by atoms with Gasteiger partial charge in [-0.05, 0) is 6.42 Å². The van der Waals surface area contributed by atoms with E-state index in [1.165, 1.54) is 6.92 Å². The minimum Gasteiger partial charge on any atom is -0.464 e. The maximum absolute atomic E-state index is 11.3. The number of carbonyl (C=O) groups excluding carboxylic acids is 2. The van der Waals surface area contributed by atoms with E-state index in [-0.39, 0.29) is 12.4 Å². The van der Waals surface area contributed by atoms with Crippen molar-refractivity contribution in [2.45, 2.75) is 26.3 Å². The van der Waals surface area contributed by atoms with Crippen molar-refractivity contribution in [2.24, 2.45) is 0 Å². The predicted molar refractivity (Wildman–Crippen MR) is 54.5 cm³/mol. The van der Waals surface area contributed by atoms with Crippen molar-refractivity contribution in [3.05, 3.63) is 0 Å². The van der Waals surface area contributed by atoms with Crippen LogP contribution >= 0.6 is 0 Å². The normalized spacial score (nSPS) is 14.1. The van der Waals surface area contributed by atoms with Crippen LogP contribution in [0.2, 0.25) is 0 Å². The molecule has 0 rings (SSSR count). The summed E-state index contributed by atoms with van der Waals surface area (Å²) in [7, 11) is 0. The molecule has 0 aromatic rings. The van der Waals surface area contributed by atoms with Crippen LogP contribution in [-0.2, 0) is 25.4 Å². The lowest BCUT2D eigenvalue weighted by atomic mass is 10.3. The van der Waals surface area contributed by atoms with Gasteiger partial charge in [0, 0.05) is 6.92 Å². The molecule has 88 valence electrons. The number of esters is 1. The fraction of sp³-hybridized carbons (Fsp3) is 0.750. The van der Waals surface area contributed by atoms with Crippen molar-refractivity contribution in [1.82, 2.24) is 5.32 Å². The first-order valence-electron chi connectivity index (χ1n) is 4.48. The lowest BCUT2D eigenvalue weighted by Crippen LogP contribution is -2.44. The molecule has 0 heterocycles. The van der Waals surface area contributed by atoms with Crippen molar-refractivity contribution < 1.29 is 23.1 Å². The Hall–Kier alpha value is -0.950. The molecule has 7 heteroatoms. The van der Waals surface area contributed by atoms with Crippen LogP contribution in [0.1, 0.15) is 20.3 Å². The molecule has 15 heavy (non-hydrogen) atoms. The molecule has 0 aliphatic carbocycles. The summed E-state index contributed by atoms with van der Waals surface area (Å²) in [6, 6.07) is -1.06. The zero-order valence-corrected chi connectivity index (χ0v) is 9.50. The fourth-order valence-corrected chi connectivity index (χ4v) is 1.36. The van der Waals surface area contributed by atoms with Crippen LogP contribution in [0.4, 0.5) is 0 Å². The molecule has 2 N–H and O–H groups in total. The summed E-state index contributed by atoms with van der Waals surface area (Å²) >= 11 is -2.15. The number of amides is 1. The van der Waals surface area contributed by atoms with Crippen LogP contribution in [0, 0.1) is 0 Å². The van der Waals surface area contributed by atoms with Crippen LogP contribution in [0.3, 0.4) is 0 Å². The molecular weight excluding hydrogens is 222 g/mol. The van der Waals surface area contributed by atoms with Crippen molar-refractivity contribution >= 4 is 23.0 Å². The van der Waals surface area contributed by atoms with E-state index in [9.17, 15) is 13.8 Å². The second kappa shape index (κ2) is 7.36. The van der Waals surface area contributed by atoms with Gasteiger partial charge in [-0.25, -0.2) is 9.00 Å². The molecule has 0 radical (unpaired) electrons. The van der Waals surface area contributed by atoms with E-state index in [1.807, 2.05) is 6.92 Å². The molecule has 0 aliphatic heterocycles. The molecule has 0 spiro atoms. The van der Waals surface area contributed by atoms with Gasteiger partial charge in [0.1, 0.15) is 6.04 Å². The topological polar surface area (TPSA) is 92.7 Å². The van der Waals surface area contributed by atoms with E-state index in [0.29, 0.717) is 6.42 Å². The quantitative estimate of drug-likeness (QED) is 0.487. The molecule has 0 aromatic carbocycles. The van der Waals surface area contributed by atoms with Crippen LogP contribution in [0.15, 0.2) is 0 Å². The second-order valence-corrected chi connectivity index (χ2v) is 3.89. The second-order valence-electron chi connectivity index (χ2n) is 2.91. The Kier molecular flexibility index (Phi) is 6.89. The number of ether oxygens (including phenoxy) is 1. The zero-order valence-electron chi connectivity index (χ0n) is 8.69. The smallest absolute Gasteiger partial charge is 0.329 e. The van der Waals surface area contributed by atoms with E-state index in [2.05, 4.69) is 5.32 Å². The van der Waals surface area contributed by atoms with Crippen LogP contribution in [-0.4, -0.2) is 39.0 Å². The number of nitrogens with one attached hydrogen (secondary N) is 1. The van der Waals surface area contributed by atoms with Crippen molar-refractivity contribution in [3.8, 4) is 0 Å². The van der Waals surface area contributed by atoms with E-state index < -0.39 is 29.0 Å². The molecule has 0 bridgehead atoms. The highest BCUT2D eigenvalue weighted by atomic mass is 32.2. The number of carbonyl (C=O) groups is 2. The minimum atomic E-state index is -2.15. The summed E-state index contributed by atoms with van der Waals surface area (Å²) < 4.78 is 23.9.